The number of carboxylic acids is 1. The van der Waals surface area contributed by atoms with Crippen molar-refractivity contribution in [3.63, 3.8) is 0 Å². The molecule has 10 heteroatoms. The number of nitrogens with zero attached hydrogens (tertiary/aromatic N) is 1. The van der Waals surface area contributed by atoms with Crippen molar-refractivity contribution in [3.05, 3.63) is 75.7 Å². The minimum absolute atomic E-state index is 0.0417. The van der Waals surface area contributed by atoms with Crippen LogP contribution in [0.15, 0.2) is 54.7 Å². The number of benzene rings is 2. The Bertz CT molecular complexity index is 1200. The number of fused-ring (bicyclic) bond motifs is 3. The van der Waals surface area contributed by atoms with Crippen LogP contribution in [-0.4, -0.2) is 53.9 Å². The van der Waals surface area contributed by atoms with E-state index in [1.165, 1.54) is 13.3 Å². The Morgan fingerprint density at radius 3 is 2.31 bits per heavy atom. The predicted octanol–water partition coefficient (Wildman–Crippen LogP) is 3.40. The van der Waals surface area contributed by atoms with Crippen LogP contribution in [0.2, 0.25) is 0 Å². The number of rotatable bonds is 9. The summed E-state index contributed by atoms with van der Waals surface area (Å²) >= 11 is 1.05. The quantitative estimate of drug-likeness (QED) is 0.415. The number of amides is 2. The smallest absolute Gasteiger partial charge is 0.407 e. The maximum atomic E-state index is 12.4. The Kier molecular flexibility index (Phi) is 7.42. The summed E-state index contributed by atoms with van der Waals surface area (Å²) in [7, 11) is 1.37. The van der Waals surface area contributed by atoms with Gasteiger partial charge in [-0.2, -0.15) is 0 Å². The number of hydrogen-bond donors (Lipinski definition) is 3. The number of aliphatic carboxylic acids is 1. The van der Waals surface area contributed by atoms with Crippen LogP contribution < -0.4 is 10.6 Å². The van der Waals surface area contributed by atoms with E-state index in [4.69, 9.17) is 9.47 Å². The van der Waals surface area contributed by atoms with E-state index in [9.17, 15) is 19.5 Å². The van der Waals surface area contributed by atoms with Gasteiger partial charge in [0.15, 0.2) is 6.04 Å². The Balaban J connectivity index is 1.31. The fourth-order valence-electron chi connectivity index (χ4n) is 4.02. The first-order chi connectivity index (χ1) is 16.9. The molecular weight excluding hydrogens is 470 g/mol. The minimum atomic E-state index is -1.20. The van der Waals surface area contributed by atoms with Gasteiger partial charge in [0.1, 0.15) is 16.5 Å². The molecule has 0 saturated heterocycles. The number of aromatic nitrogens is 1. The number of carboxylic acid groups (broad SMARTS) is 1. The minimum Gasteiger partial charge on any atom is -0.480 e. The summed E-state index contributed by atoms with van der Waals surface area (Å²) in [5.74, 6) is -1.82. The summed E-state index contributed by atoms with van der Waals surface area (Å²) < 4.78 is 10.5. The molecule has 2 atom stereocenters. The molecule has 3 aromatic rings. The van der Waals surface area contributed by atoms with E-state index in [1.807, 2.05) is 36.4 Å². The highest BCUT2D eigenvalue weighted by Crippen LogP contribution is 2.44. The molecule has 0 aliphatic heterocycles. The number of thiazole rings is 1. The van der Waals surface area contributed by atoms with Crippen molar-refractivity contribution in [3.8, 4) is 11.1 Å². The molecule has 4 rings (SSSR count). The van der Waals surface area contributed by atoms with Crippen LogP contribution in [-0.2, 0) is 20.8 Å². The molecule has 1 aromatic heterocycles. The van der Waals surface area contributed by atoms with Crippen molar-refractivity contribution in [2.75, 3.05) is 13.7 Å². The summed E-state index contributed by atoms with van der Waals surface area (Å²) in [5, 5.41) is 14.8. The summed E-state index contributed by atoms with van der Waals surface area (Å²) in [5.41, 5.74) is 4.55. The van der Waals surface area contributed by atoms with Crippen molar-refractivity contribution in [2.45, 2.75) is 31.5 Å². The maximum absolute atomic E-state index is 12.4. The molecule has 35 heavy (non-hydrogen) atoms. The van der Waals surface area contributed by atoms with Gasteiger partial charge in [-0.25, -0.2) is 14.6 Å². The van der Waals surface area contributed by atoms with Gasteiger partial charge >= 0.3 is 12.1 Å². The lowest BCUT2D eigenvalue weighted by atomic mass is 9.98. The second kappa shape index (κ2) is 10.7. The van der Waals surface area contributed by atoms with Crippen LogP contribution in [0.4, 0.5) is 4.79 Å². The fraction of sp³-hybridized carbons (Fsp3) is 0.280. The van der Waals surface area contributed by atoms with E-state index < -0.39 is 30.1 Å². The van der Waals surface area contributed by atoms with E-state index in [0.717, 1.165) is 33.6 Å². The number of nitrogens with one attached hydrogen (secondary N) is 2. The SMILES string of the molecule is CO[C@H](C)[C@H](NC(=O)c1cnc(CNC(=O)OCC2c3ccccc3-c3ccccc32)s1)C(=O)O. The largest absolute Gasteiger partial charge is 0.480 e. The van der Waals surface area contributed by atoms with E-state index >= 15 is 0 Å². The molecule has 3 N–H and O–H groups in total. The molecule has 0 saturated carbocycles. The fourth-order valence-corrected chi connectivity index (χ4v) is 4.78. The number of alkyl carbamates (subject to hydrolysis) is 1. The Labute approximate surface area is 206 Å². The first-order valence-corrected chi connectivity index (χ1v) is 11.8. The highest BCUT2D eigenvalue weighted by atomic mass is 32.1. The molecule has 1 aliphatic carbocycles. The van der Waals surface area contributed by atoms with Crippen molar-refractivity contribution in [1.82, 2.24) is 15.6 Å². The first-order valence-electron chi connectivity index (χ1n) is 11.0. The van der Waals surface area contributed by atoms with E-state index in [2.05, 4.69) is 27.8 Å². The first kappa shape index (κ1) is 24.4. The number of methoxy groups -OCH3 is 1. The van der Waals surface area contributed by atoms with Gasteiger partial charge in [0.05, 0.1) is 18.8 Å². The Morgan fingerprint density at radius 2 is 1.71 bits per heavy atom. The number of ether oxygens (including phenoxy) is 2. The van der Waals surface area contributed by atoms with Gasteiger partial charge in [-0.15, -0.1) is 11.3 Å². The second-order valence-electron chi connectivity index (χ2n) is 8.03. The molecule has 2 amide bonds. The second-order valence-corrected chi connectivity index (χ2v) is 9.14. The standard InChI is InChI=1S/C25H25N3O6S/c1-14(33-2)22(24(30)31)28-23(29)20-11-26-21(35-20)12-27-25(32)34-13-19-17-9-5-3-7-15(17)16-8-4-6-10-18(16)19/h3-11,14,19,22H,12-13H2,1-2H3,(H,27,32)(H,28,29)(H,30,31)/t14-,22+/m1/s1. The summed E-state index contributed by atoms with van der Waals surface area (Å²) in [4.78, 5) is 40.5. The Morgan fingerprint density at radius 1 is 1.09 bits per heavy atom. The lowest BCUT2D eigenvalue weighted by Gasteiger charge is -2.19. The summed E-state index contributed by atoms with van der Waals surface area (Å²) in [6.07, 6.45) is 0.0393. The van der Waals surface area contributed by atoms with Gasteiger partial charge in [0.2, 0.25) is 0 Å². The molecular formula is C25H25N3O6S. The van der Waals surface area contributed by atoms with Crippen molar-refractivity contribution in [1.29, 1.82) is 0 Å². The van der Waals surface area contributed by atoms with Crippen molar-refractivity contribution < 1.29 is 29.0 Å². The van der Waals surface area contributed by atoms with Crippen LogP contribution in [0.3, 0.4) is 0 Å². The average molecular weight is 496 g/mol. The molecule has 0 spiro atoms. The topological polar surface area (TPSA) is 127 Å². The number of carbonyl (C=O) groups is 3. The molecule has 9 nitrogen and oxygen atoms in total. The zero-order chi connectivity index (χ0) is 24.9. The van der Waals surface area contributed by atoms with Crippen LogP contribution in [0.1, 0.15) is 38.6 Å². The predicted molar refractivity (Wildman–Crippen MR) is 129 cm³/mol. The Hall–Kier alpha value is -3.76. The van der Waals surface area contributed by atoms with Crippen molar-refractivity contribution >= 4 is 29.3 Å². The van der Waals surface area contributed by atoms with Gasteiger partial charge in [-0.1, -0.05) is 48.5 Å². The molecule has 0 fully saturated rings. The molecule has 1 aliphatic rings. The number of hydrogen-bond acceptors (Lipinski definition) is 7. The van der Waals surface area contributed by atoms with Gasteiger partial charge in [-0.05, 0) is 29.2 Å². The van der Waals surface area contributed by atoms with E-state index in [1.54, 1.807) is 6.92 Å². The molecule has 0 bridgehead atoms. The third-order valence-electron chi connectivity index (χ3n) is 5.90. The van der Waals surface area contributed by atoms with Gasteiger partial charge < -0.3 is 25.2 Å². The normalized spacial score (nSPS) is 13.9. The third kappa shape index (κ3) is 5.33. The molecule has 2 aromatic carbocycles. The summed E-state index contributed by atoms with van der Waals surface area (Å²) in [6, 6.07) is 15.0. The summed E-state index contributed by atoms with van der Waals surface area (Å²) in [6.45, 7) is 1.82. The number of carbonyl (C=O) groups excluding carboxylic acids is 2. The lowest BCUT2D eigenvalue weighted by molar-refractivity contribution is -0.142. The molecule has 182 valence electrons. The van der Waals surface area contributed by atoms with Gasteiger partial charge in [0.25, 0.3) is 5.91 Å². The lowest BCUT2D eigenvalue weighted by Crippen LogP contribution is -2.48. The van der Waals surface area contributed by atoms with Crippen molar-refractivity contribution in [2.24, 2.45) is 0 Å². The zero-order valence-corrected chi connectivity index (χ0v) is 20.0. The van der Waals surface area contributed by atoms with Crippen LogP contribution in [0, 0.1) is 0 Å². The zero-order valence-electron chi connectivity index (χ0n) is 19.2. The third-order valence-corrected chi connectivity index (χ3v) is 6.89. The maximum Gasteiger partial charge on any atom is 0.407 e. The molecule has 1 heterocycles. The van der Waals surface area contributed by atoms with Crippen LogP contribution in [0.25, 0.3) is 11.1 Å². The van der Waals surface area contributed by atoms with Crippen LogP contribution in [0.5, 0.6) is 0 Å². The molecule has 0 unspecified atom stereocenters. The monoisotopic (exact) mass is 495 g/mol. The molecule has 0 radical (unpaired) electrons. The van der Waals surface area contributed by atoms with E-state index in [-0.39, 0.29) is 23.9 Å². The van der Waals surface area contributed by atoms with Crippen LogP contribution >= 0.6 is 11.3 Å². The van der Waals surface area contributed by atoms with Gasteiger partial charge in [0, 0.05) is 13.0 Å². The highest BCUT2D eigenvalue weighted by molar-refractivity contribution is 7.13. The average Bonchev–Trinajstić information content (AvgIpc) is 3.47. The van der Waals surface area contributed by atoms with Gasteiger partial charge in [-0.3, -0.25) is 4.79 Å². The van der Waals surface area contributed by atoms with E-state index in [0.29, 0.717) is 5.01 Å². The highest BCUT2D eigenvalue weighted by Gasteiger charge is 2.29.